The summed E-state index contributed by atoms with van der Waals surface area (Å²) >= 11 is 9.10. The van der Waals surface area contributed by atoms with Gasteiger partial charge in [-0.05, 0) is 11.4 Å². The second kappa shape index (κ2) is 4.73. The van der Waals surface area contributed by atoms with Crippen LogP contribution in [-0.2, 0) is 5.41 Å². The standard InChI is InChI=1S/C11H13ClN2S2/c1-11(2,8-4-3-5-15-8)7-13-10-14-9(12)6-16-10/h3-6H,7H2,1-2H3,(H,13,14). The van der Waals surface area contributed by atoms with Crippen LogP contribution in [0.25, 0.3) is 0 Å². The highest BCUT2D eigenvalue weighted by Crippen LogP contribution is 2.28. The van der Waals surface area contributed by atoms with Crippen molar-refractivity contribution in [2.75, 3.05) is 11.9 Å². The van der Waals surface area contributed by atoms with Crippen LogP contribution in [0.15, 0.2) is 22.9 Å². The first-order valence-electron chi connectivity index (χ1n) is 4.97. The van der Waals surface area contributed by atoms with Crippen LogP contribution in [0.3, 0.4) is 0 Å². The number of hydrogen-bond acceptors (Lipinski definition) is 4. The summed E-state index contributed by atoms with van der Waals surface area (Å²) < 4.78 is 0. The Morgan fingerprint density at radius 1 is 1.44 bits per heavy atom. The number of halogens is 1. The van der Waals surface area contributed by atoms with Crippen LogP contribution in [0.2, 0.25) is 5.15 Å². The van der Waals surface area contributed by atoms with Crippen LogP contribution in [0.1, 0.15) is 18.7 Å². The van der Waals surface area contributed by atoms with E-state index >= 15 is 0 Å². The molecule has 2 heterocycles. The lowest BCUT2D eigenvalue weighted by molar-refractivity contribution is 0.569. The molecule has 2 nitrogen and oxygen atoms in total. The van der Waals surface area contributed by atoms with Crippen molar-refractivity contribution < 1.29 is 0 Å². The normalized spacial score (nSPS) is 11.7. The molecule has 0 radical (unpaired) electrons. The molecule has 1 N–H and O–H groups in total. The molecule has 86 valence electrons. The molecule has 16 heavy (non-hydrogen) atoms. The molecule has 0 aliphatic heterocycles. The van der Waals surface area contributed by atoms with Gasteiger partial charge in [0.1, 0.15) is 5.15 Å². The van der Waals surface area contributed by atoms with Gasteiger partial charge in [-0.3, -0.25) is 0 Å². The van der Waals surface area contributed by atoms with Gasteiger partial charge in [0, 0.05) is 22.2 Å². The maximum atomic E-state index is 5.77. The maximum absolute atomic E-state index is 5.77. The van der Waals surface area contributed by atoms with E-state index in [9.17, 15) is 0 Å². The van der Waals surface area contributed by atoms with Crippen molar-refractivity contribution in [3.63, 3.8) is 0 Å². The molecule has 0 unspecified atom stereocenters. The summed E-state index contributed by atoms with van der Waals surface area (Å²) in [5.41, 5.74) is 0.117. The second-order valence-corrected chi connectivity index (χ2v) is 6.38. The van der Waals surface area contributed by atoms with E-state index in [1.54, 1.807) is 11.3 Å². The molecule has 0 bridgehead atoms. The number of hydrogen-bond donors (Lipinski definition) is 1. The molecule has 5 heteroatoms. The molecule has 0 aromatic carbocycles. The number of nitrogens with zero attached hydrogens (tertiary/aromatic N) is 1. The van der Waals surface area contributed by atoms with Crippen molar-refractivity contribution in [3.05, 3.63) is 32.9 Å². The zero-order chi connectivity index (χ0) is 11.6. The van der Waals surface area contributed by atoms with Gasteiger partial charge in [0.2, 0.25) is 0 Å². The Balaban J connectivity index is 2.00. The minimum Gasteiger partial charge on any atom is -0.361 e. The number of aromatic nitrogens is 1. The Morgan fingerprint density at radius 3 is 2.81 bits per heavy atom. The summed E-state index contributed by atoms with van der Waals surface area (Å²) in [5.74, 6) is 0. The lowest BCUT2D eigenvalue weighted by Gasteiger charge is -2.23. The zero-order valence-electron chi connectivity index (χ0n) is 9.16. The van der Waals surface area contributed by atoms with E-state index in [-0.39, 0.29) is 5.41 Å². The first-order chi connectivity index (χ1) is 7.58. The Morgan fingerprint density at radius 2 is 2.25 bits per heavy atom. The predicted octanol–water partition coefficient (Wildman–Crippen LogP) is 4.25. The minimum absolute atomic E-state index is 0.117. The summed E-state index contributed by atoms with van der Waals surface area (Å²) in [6.45, 7) is 5.31. The Labute approximate surface area is 108 Å². The fourth-order valence-electron chi connectivity index (χ4n) is 1.38. The van der Waals surface area contributed by atoms with Gasteiger partial charge >= 0.3 is 0 Å². The summed E-state index contributed by atoms with van der Waals surface area (Å²) in [6.07, 6.45) is 0. The third-order valence-electron chi connectivity index (χ3n) is 2.35. The van der Waals surface area contributed by atoms with Crippen LogP contribution >= 0.6 is 34.3 Å². The van der Waals surface area contributed by atoms with Gasteiger partial charge in [-0.15, -0.1) is 22.7 Å². The lowest BCUT2D eigenvalue weighted by atomic mass is 9.91. The number of anilines is 1. The van der Waals surface area contributed by atoms with E-state index < -0.39 is 0 Å². The Hall–Kier alpha value is -0.580. The lowest BCUT2D eigenvalue weighted by Crippen LogP contribution is -2.26. The van der Waals surface area contributed by atoms with Crippen molar-refractivity contribution in [3.8, 4) is 0 Å². The summed E-state index contributed by atoms with van der Waals surface area (Å²) in [5, 5.41) is 8.71. The van der Waals surface area contributed by atoms with Crippen molar-refractivity contribution in [2.45, 2.75) is 19.3 Å². The topological polar surface area (TPSA) is 24.9 Å². The molecular weight excluding hydrogens is 260 g/mol. The largest absolute Gasteiger partial charge is 0.361 e. The van der Waals surface area contributed by atoms with Crippen LogP contribution in [0.4, 0.5) is 5.13 Å². The predicted molar refractivity (Wildman–Crippen MR) is 73.0 cm³/mol. The van der Waals surface area contributed by atoms with Gasteiger partial charge < -0.3 is 5.32 Å². The van der Waals surface area contributed by atoms with Crippen LogP contribution in [-0.4, -0.2) is 11.5 Å². The molecule has 2 aromatic heterocycles. The molecule has 0 saturated heterocycles. The average Bonchev–Trinajstić information content (AvgIpc) is 2.85. The first-order valence-corrected chi connectivity index (χ1v) is 7.10. The molecule has 0 spiro atoms. The number of thiazole rings is 1. The summed E-state index contributed by atoms with van der Waals surface area (Å²) in [6, 6.07) is 4.25. The molecule has 0 aliphatic rings. The molecule has 0 saturated carbocycles. The summed E-state index contributed by atoms with van der Waals surface area (Å²) in [7, 11) is 0. The highest BCUT2D eigenvalue weighted by atomic mass is 35.5. The second-order valence-electron chi connectivity index (χ2n) is 4.19. The molecule has 0 fully saturated rings. The van der Waals surface area contributed by atoms with Crippen LogP contribution in [0, 0.1) is 0 Å². The molecule has 2 aromatic rings. The van der Waals surface area contributed by atoms with Crippen LogP contribution in [0.5, 0.6) is 0 Å². The van der Waals surface area contributed by atoms with Crippen molar-refractivity contribution in [2.24, 2.45) is 0 Å². The SMILES string of the molecule is CC(C)(CNc1nc(Cl)cs1)c1cccs1. The van der Waals surface area contributed by atoms with E-state index in [0.29, 0.717) is 5.15 Å². The highest BCUT2D eigenvalue weighted by Gasteiger charge is 2.21. The third-order valence-corrected chi connectivity index (χ3v) is 4.70. The Bertz CT molecular complexity index is 448. The monoisotopic (exact) mass is 272 g/mol. The summed E-state index contributed by atoms with van der Waals surface area (Å²) in [4.78, 5) is 5.55. The van der Waals surface area contributed by atoms with Crippen molar-refractivity contribution >= 4 is 39.4 Å². The molecule has 2 rings (SSSR count). The van der Waals surface area contributed by atoms with Gasteiger partial charge in [0.15, 0.2) is 5.13 Å². The van der Waals surface area contributed by atoms with Crippen molar-refractivity contribution in [1.82, 2.24) is 4.98 Å². The van der Waals surface area contributed by atoms with Crippen LogP contribution < -0.4 is 5.32 Å². The van der Waals surface area contributed by atoms with Gasteiger partial charge in [-0.2, -0.15) is 0 Å². The van der Waals surface area contributed by atoms with Gasteiger partial charge in [-0.1, -0.05) is 31.5 Å². The quantitative estimate of drug-likeness (QED) is 0.900. The van der Waals surface area contributed by atoms with E-state index in [1.165, 1.54) is 16.2 Å². The molecule has 0 aliphatic carbocycles. The van der Waals surface area contributed by atoms with Gasteiger partial charge in [0.25, 0.3) is 0 Å². The minimum atomic E-state index is 0.117. The number of thiophene rings is 1. The van der Waals surface area contributed by atoms with Gasteiger partial charge in [-0.25, -0.2) is 4.98 Å². The van der Waals surface area contributed by atoms with E-state index in [0.717, 1.165) is 11.7 Å². The number of nitrogens with one attached hydrogen (secondary N) is 1. The number of rotatable bonds is 4. The van der Waals surface area contributed by atoms with Crippen molar-refractivity contribution in [1.29, 1.82) is 0 Å². The molecular formula is C11H13ClN2S2. The van der Waals surface area contributed by atoms with Gasteiger partial charge in [0.05, 0.1) is 0 Å². The first kappa shape index (κ1) is 11.9. The fraction of sp³-hybridized carbons (Fsp3) is 0.364. The molecule has 0 amide bonds. The third kappa shape index (κ3) is 2.75. The maximum Gasteiger partial charge on any atom is 0.184 e. The highest BCUT2D eigenvalue weighted by molar-refractivity contribution is 7.14. The van der Waals surface area contributed by atoms with E-state index in [2.05, 4.69) is 41.7 Å². The van der Waals surface area contributed by atoms with E-state index in [4.69, 9.17) is 11.6 Å². The average molecular weight is 273 g/mol. The smallest absolute Gasteiger partial charge is 0.184 e. The van der Waals surface area contributed by atoms with E-state index in [1.807, 2.05) is 5.38 Å². The Kier molecular flexibility index (Phi) is 3.52. The fourth-order valence-corrected chi connectivity index (χ4v) is 3.07. The zero-order valence-corrected chi connectivity index (χ0v) is 11.5. The molecule has 0 atom stereocenters.